The standard InChI is InChI=1S/C8H16N2O/c1-8(11)7-10-5-3-9(2)4-6-10/h3-7H2,1-2H3/i11+2. The van der Waals surface area contributed by atoms with Gasteiger partial charge in [0.2, 0.25) is 0 Å². The average molecular weight is 158 g/mol. The molecule has 0 atom stereocenters. The number of hydrogen-bond donors (Lipinski definition) is 0. The van der Waals surface area contributed by atoms with Crippen molar-refractivity contribution in [1.29, 1.82) is 0 Å². The first-order chi connectivity index (χ1) is 5.18. The van der Waals surface area contributed by atoms with Gasteiger partial charge in [-0.05, 0) is 14.0 Å². The molecular weight excluding hydrogens is 142 g/mol. The number of carbonyl (C=O) groups is 1. The average Bonchev–Trinajstić information content (AvgIpc) is 1.93. The van der Waals surface area contributed by atoms with Crippen LogP contribution in [0.2, 0.25) is 0 Å². The molecule has 1 saturated heterocycles. The monoisotopic (exact) mass is 158 g/mol. The van der Waals surface area contributed by atoms with Crippen LogP contribution in [0.5, 0.6) is 0 Å². The van der Waals surface area contributed by atoms with E-state index in [1.54, 1.807) is 6.92 Å². The molecule has 64 valence electrons. The van der Waals surface area contributed by atoms with Crippen LogP contribution >= 0.6 is 0 Å². The first-order valence-corrected chi connectivity index (χ1v) is 4.09. The first-order valence-electron chi connectivity index (χ1n) is 4.09. The molecule has 0 saturated carbocycles. The number of carbonyl (C=O) groups excluding carboxylic acids is 1. The maximum Gasteiger partial charge on any atom is 0.143 e. The van der Waals surface area contributed by atoms with Crippen molar-refractivity contribution in [2.75, 3.05) is 39.8 Å². The minimum Gasteiger partial charge on any atom is -0.304 e. The third kappa shape index (κ3) is 2.99. The molecule has 0 unspecified atom stereocenters. The Kier molecular flexibility index (Phi) is 3.02. The maximum atomic E-state index is 10.7. The molecule has 3 nitrogen and oxygen atoms in total. The Morgan fingerprint density at radius 2 is 1.82 bits per heavy atom. The lowest BCUT2D eigenvalue weighted by Crippen LogP contribution is -2.45. The lowest BCUT2D eigenvalue weighted by molar-refractivity contribution is -0.118. The smallest absolute Gasteiger partial charge is 0.143 e. The summed E-state index contributed by atoms with van der Waals surface area (Å²) in [5.41, 5.74) is 0. The molecule has 1 aliphatic rings. The van der Waals surface area contributed by atoms with Crippen molar-refractivity contribution in [1.82, 2.24) is 9.80 Å². The van der Waals surface area contributed by atoms with E-state index in [2.05, 4.69) is 16.8 Å². The van der Waals surface area contributed by atoms with Crippen LogP contribution in [-0.2, 0) is 4.79 Å². The minimum atomic E-state index is 0.273. The molecule has 1 rings (SSSR count). The van der Waals surface area contributed by atoms with Crippen molar-refractivity contribution in [2.24, 2.45) is 0 Å². The van der Waals surface area contributed by atoms with Gasteiger partial charge in [0, 0.05) is 26.2 Å². The normalized spacial score (nSPS) is 22.0. The highest BCUT2D eigenvalue weighted by Gasteiger charge is 2.13. The highest BCUT2D eigenvalue weighted by molar-refractivity contribution is 5.77. The van der Waals surface area contributed by atoms with Crippen LogP contribution in [0.1, 0.15) is 6.92 Å². The number of hydrogen-bond acceptors (Lipinski definition) is 3. The fraction of sp³-hybridized carbons (Fsp3) is 0.875. The van der Waals surface area contributed by atoms with Crippen LogP contribution in [0.15, 0.2) is 0 Å². The molecule has 0 spiro atoms. The van der Waals surface area contributed by atoms with Gasteiger partial charge >= 0.3 is 0 Å². The molecule has 11 heavy (non-hydrogen) atoms. The molecule has 0 N–H and O–H groups in total. The molecule has 0 aromatic carbocycles. The molecule has 0 aliphatic carbocycles. The van der Waals surface area contributed by atoms with Crippen molar-refractivity contribution >= 4 is 5.78 Å². The van der Waals surface area contributed by atoms with Crippen LogP contribution in [0.4, 0.5) is 0 Å². The molecule has 0 amide bonds. The Morgan fingerprint density at radius 1 is 1.27 bits per heavy atom. The van der Waals surface area contributed by atoms with Crippen molar-refractivity contribution in [3.8, 4) is 0 Å². The molecule has 0 aromatic heterocycles. The SMILES string of the molecule is CC(=[18O])CN1CCN(C)CC1. The van der Waals surface area contributed by atoms with Crippen LogP contribution in [0.25, 0.3) is 0 Å². The fourth-order valence-corrected chi connectivity index (χ4v) is 1.32. The predicted molar refractivity (Wildman–Crippen MR) is 44.6 cm³/mol. The second-order valence-corrected chi connectivity index (χ2v) is 3.28. The largest absolute Gasteiger partial charge is 0.304 e. The summed E-state index contributed by atoms with van der Waals surface area (Å²) < 4.78 is 0. The second-order valence-electron chi connectivity index (χ2n) is 3.28. The third-order valence-electron chi connectivity index (χ3n) is 2.04. The van der Waals surface area contributed by atoms with Gasteiger partial charge in [0.1, 0.15) is 5.78 Å². The van der Waals surface area contributed by atoms with Gasteiger partial charge in [-0.25, -0.2) is 0 Å². The third-order valence-corrected chi connectivity index (χ3v) is 2.04. The first kappa shape index (κ1) is 8.68. The van der Waals surface area contributed by atoms with Gasteiger partial charge in [-0.2, -0.15) is 0 Å². The van der Waals surface area contributed by atoms with E-state index in [-0.39, 0.29) is 5.78 Å². The van der Waals surface area contributed by atoms with Gasteiger partial charge in [0.15, 0.2) is 0 Å². The van der Waals surface area contributed by atoms with E-state index in [1.165, 1.54) is 0 Å². The number of likely N-dealkylation sites (N-methyl/N-ethyl adjacent to an activating group) is 1. The van der Waals surface area contributed by atoms with Gasteiger partial charge in [-0.3, -0.25) is 9.69 Å². The van der Waals surface area contributed by atoms with Crippen molar-refractivity contribution < 1.29 is 4.79 Å². The Balaban J connectivity index is 2.22. The zero-order valence-corrected chi connectivity index (χ0v) is 7.34. The quantitative estimate of drug-likeness (QED) is 0.521. The van der Waals surface area contributed by atoms with E-state index in [0.717, 1.165) is 26.2 Å². The topological polar surface area (TPSA) is 23.6 Å². The molecule has 1 aliphatic heterocycles. The summed E-state index contributed by atoms with van der Waals surface area (Å²) >= 11 is 0. The van der Waals surface area contributed by atoms with Crippen LogP contribution in [-0.4, -0.2) is 55.4 Å². The summed E-state index contributed by atoms with van der Waals surface area (Å²) in [6, 6.07) is 0. The molecule has 1 fully saturated rings. The van der Waals surface area contributed by atoms with Gasteiger partial charge in [-0.15, -0.1) is 0 Å². The second kappa shape index (κ2) is 3.83. The van der Waals surface area contributed by atoms with Crippen molar-refractivity contribution in [3.05, 3.63) is 0 Å². The predicted octanol–water partition coefficient (Wildman–Crippen LogP) is -0.177. The van der Waals surface area contributed by atoms with Gasteiger partial charge < -0.3 is 4.90 Å². The number of piperazine rings is 1. The number of nitrogens with zero attached hydrogens (tertiary/aromatic N) is 2. The Morgan fingerprint density at radius 3 is 2.27 bits per heavy atom. The van der Waals surface area contributed by atoms with E-state index in [1.807, 2.05) is 0 Å². The minimum absolute atomic E-state index is 0.273. The van der Waals surface area contributed by atoms with E-state index in [9.17, 15) is 4.79 Å². The van der Waals surface area contributed by atoms with Crippen LogP contribution in [0.3, 0.4) is 0 Å². The summed E-state index contributed by atoms with van der Waals surface area (Å²) in [5.74, 6) is 0.273. The fourth-order valence-electron chi connectivity index (χ4n) is 1.32. The van der Waals surface area contributed by atoms with E-state index >= 15 is 0 Å². The lowest BCUT2D eigenvalue weighted by atomic mass is 10.3. The Bertz CT molecular complexity index is 139. The number of Topliss-reactive ketones (excluding diaryl/α,β-unsaturated/α-hetero) is 1. The molecule has 0 bridgehead atoms. The van der Waals surface area contributed by atoms with E-state index in [0.29, 0.717) is 6.54 Å². The van der Waals surface area contributed by atoms with Crippen LogP contribution in [0, 0.1) is 0 Å². The lowest BCUT2D eigenvalue weighted by Gasteiger charge is -2.31. The summed E-state index contributed by atoms with van der Waals surface area (Å²) in [7, 11) is 2.12. The Labute approximate surface area is 68.0 Å². The van der Waals surface area contributed by atoms with Crippen molar-refractivity contribution in [2.45, 2.75) is 6.92 Å². The van der Waals surface area contributed by atoms with E-state index in [4.69, 9.17) is 0 Å². The van der Waals surface area contributed by atoms with Crippen molar-refractivity contribution in [3.63, 3.8) is 0 Å². The molecule has 0 aromatic rings. The van der Waals surface area contributed by atoms with Crippen LogP contribution < -0.4 is 0 Å². The summed E-state index contributed by atoms with van der Waals surface area (Å²) in [6.45, 7) is 6.54. The number of rotatable bonds is 2. The molecule has 1 heterocycles. The van der Waals surface area contributed by atoms with Gasteiger partial charge in [-0.1, -0.05) is 0 Å². The highest BCUT2D eigenvalue weighted by Crippen LogP contribution is 1.97. The number of ketones is 1. The molecule has 0 radical (unpaired) electrons. The zero-order valence-electron chi connectivity index (χ0n) is 7.34. The summed E-state index contributed by atoms with van der Waals surface area (Å²) in [4.78, 5) is 15.2. The highest BCUT2D eigenvalue weighted by atomic mass is 18.1. The van der Waals surface area contributed by atoms with E-state index < -0.39 is 0 Å². The molecular formula is C8H16N2O. The summed E-state index contributed by atoms with van der Waals surface area (Å²) in [5, 5.41) is 0. The Hall–Kier alpha value is -0.410. The van der Waals surface area contributed by atoms with Gasteiger partial charge in [0.05, 0.1) is 6.54 Å². The summed E-state index contributed by atoms with van der Waals surface area (Å²) in [6.07, 6.45) is 0. The zero-order chi connectivity index (χ0) is 8.27. The maximum absolute atomic E-state index is 10.7. The van der Waals surface area contributed by atoms with Gasteiger partial charge in [0.25, 0.3) is 0 Å². The molecule has 3 heteroatoms.